The van der Waals surface area contributed by atoms with E-state index in [1.54, 1.807) is 4.90 Å². The van der Waals surface area contributed by atoms with Crippen LogP contribution in [0, 0.1) is 6.92 Å². The Balaban J connectivity index is 1.51. The van der Waals surface area contributed by atoms with E-state index in [2.05, 4.69) is 23.5 Å². The Bertz CT molecular complexity index is 724. The molecule has 2 aromatic carbocycles. The maximum atomic E-state index is 12.2. The molecule has 26 heavy (non-hydrogen) atoms. The summed E-state index contributed by atoms with van der Waals surface area (Å²) in [7, 11) is 0. The Labute approximate surface area is 156 Å². The number of rotatable bonds is 7. The minimum Gasteiger partial charge on any atom is -0.484 e. The molecule has 1 aliphatic heterocycles. The van der Waals surface area contributed by atoms with Crippen molar-refractivity contribution in [2.45, 2.75) is 39.3 Å². The van der Waals surface area contributed by atoms with Crippen LogP contribution in [0.5, 0.6) is 5.75 Å². The highest BCUT2D eigenvalue weighted by atomic mass is 16.5. The van der Waals surface area contributed by atoms with E-state index in [0.717, 1.165) is 17.9 Å². The Morgan fingerprint density at radius 1 is 1.00 bits per heavy atom. The third-order valence-corrected chi connectivity index (χ3v) is 5.05. The van der Waals surface area contributed by atoms with Gasteiger partial charge in [-0.15, -0.1) is 0 Å². The quantitative estimate of drug-likeness (QED) is 0.802. The monoisotopic (exact) mass is 353 g/mol. The number of hydrogen-bond acceptors (Lipinski definition) is 2. The maximum Gasteiger partial charge on any atom is 0.258 e. The summed E-state index contributed by atoms with van der Waals surface area (Å²) in [5.74, 6) is 0.671. The molecule has 1 amide bonds. The van der Waals surface area contributed by atoms with E-state index in [4.69, 9.17) is 4.74 Å². The lowest BCUT2D eigenvalue weighted by atomic mass is 10.0. The van der Waals surface area contributed by atoms with E-state index < -0.39 is 0 Å². The summed E-state index contributed by atoms with van der Waals surface area (Å²) in [5.41, 5.74) is 3.58. The molecule has 0 spiro atoms. The average Bonchev–Trinajstić information content (AvgIpc) is 2.67. The number of carbonyl (C=O) groups excluding carboxylic acids is 1. The van der Waals surface area contributed by atoms with Gasteiger partial charge in [0, 0.05) is 12.1 Å². The van der Waals surface area contributed by atoms with Crippen LogP contribution in [0.15, 0.2) is 48.5 Å². The zero-order valence-corrected chi connectivity index (χ0v) is 15.6. The van der Waals surface area contributed by atoms with Gasteiger partial charge in [0.2, 0.25) is 0 Å². The number of carbonyl (C=O) groups is 1. The van der Waals surface area contributed by atoms with Crippen molar-refractivity contribution in [2.75, 3.05) is 19.7 Å². The topological polar surface area (TPSA) is 42.8 Å². The molecule has 138 valence electrons. The Hall–Kier alpha value is -2.33. The minimum absolute atomic E-state index is 0.0460. The molecular formula is C22H29N2O2+. The van der Waals surface area contributed by atoms with Gasteiger partial charge in [0.25, 0.3) is 5.91 Å². The molecule has 4 heteroatoms. The smallest absolute Gasteiger partial charge is 0.258 e. The number of piperidine rings is 1. The number of quaternary nitrogens is 1. The highest BCUT2D eigenvalue weighted by molar-refractivity contribution is 5.77. The van der Waals surface area contributed by atoms with Crippen molar-refractivity contribution in [3.63, 3.8) is 0 Å². The molecule has 3 rings (SSSR count). The highest BCUT2D eigenvalue weighted by Gasteiger charge is 2.15. The minimum atomic E-state index is -0.0895. The Morgan fingerprint density at radius 2 is 1.69 bits per heavy atom. The number of nitrogens with one attached hydrogen (secondary N) is 2. The molecule has 2 N–H and O–H groups in total. The zero-order chi connectivity index (χ0) is 18.2. The van der Waals surface area contributed by atoms with Crippen LogP contribution in [0.25, 0.3) is 0 Å². The second-order valence-corrected chi connectivity index (χ2v) is 7.09. The number of para-hydroxylation sites is 1. The Morgan fingerprint density at radius 3 is 2.46 bits per heavy atom. The van der Waals surface area contributed by atoms with E-state index in [9.17, 15) is 4.79 Å². The van der Waals surface area contributed by atoms with Gasteiger partial charge >= 0.3 is 0 Å². The zero-order valence-electron chi connectivity index (χ0n) is 15.6. The van der Waals surface area contributed by atoms with Gasteiger partial charge in [-0.25, -0.2) is 0 Å². The van der Waals surface area contributed by atoms with Crippen LogP contribution in [0.2, 0.25) is 0 Å². The van der Waals surface area contributed by atoms with Crippen molar-refractivity contribution in [3.8, 4) is 5.75 Å². The summed E-state index contributed by atoms with van der Waals surface area (Å²) in [6, 6.07) is 16.2. The highest BCUT2D eigenvalue weighted by Crippen LogP contribution is 2.15. The van der Waals surface area contributed by atoms with Crippen LogP contribution in [-0.4, -0.2) is 25.6 Å². The molecule has 1 fully saturated rings. The summed E-state index contributed by atoms with van der Waals surface area (Å²) < 4.78 is 5.62. The standard InChI is InChI=1S/C22H28N2O2/c1-18-9-3-6-12-21(18)26-17-22(25)23-15-19-10-4-5-11-20(19)16-24-13-7-2-8-14-24/h3-6,9-12H,2,7-8,13-17H2,1H3,(H,23,25)/p+1. The van der Waals surface area contributed by atoms with Crippen molar-refractivity contribution in [1.29, 1.82) is 0 Å². The van der Waals surface area contributed by atoms with Gasteiger partial charge in [0.15, 0.2) is 6.61 Å². The first kappa shape index (κ1) is 18.5. The fourth-order valence-corrected chi connectivity index (χ4v) is 3.51. The third kappa shape index (κ3) is 5.33. The lowest BCUT2D eigenvalue weighted by molar-refractivity contribution is -0.918. The van der Waals surface area contributed by atoms with E-state index in [0.29, 0.717) is 6.54 Å². The van der Waals surface area contributed by atoms with Crippen LogP contribution in [0.4, 0.5) is 0 Å². The van der Waals surface area contributed by atoms with E-state index in [1.165, 1.54) is 43.5 Å². The van der Waals surface area contributed by atoms with Crippen LogP contribution in [-0.2, 0) is 17.9 Å². The number of likely N-dealkylation sites (tertiary alicyclic amines) is 1. The summed E-state index contributed by atoms with van der Waals surface area (Å²) >= 11 is 0. The second kappa shape index (κ2) is 9.39. The molecule has 0 atom stereocenters. The first-order valence-corrected chi connectivity index (χ1v) is 9.58. The first-order chi connectivity index (χ1) is 12.7. The number of hydrogen-bond donors (Lipinski definition) is 2. The second-order valence-electron chi connectivity index (χ2n) is 7.09. The molecular weight excluding hydrogens is 324 g/mol. The lowest BCUT2D eigenvalue weighted by Gasteiger charge is -2.24. The number of aryl methyl sites for hydroxylation is 1. The SMILES string of the molecule is Cc1ccccc1OCC(=O)NCc1ccccc1C[NH+]1CCCCC1. The van der Waals surface area contributed by atoms with Crippen molar-refractivity contribution >= 4 is 5.91 Å². The average molecular weight is 353 g/mol. The van der Waals surface area contributed by atoms with Crippen molar-refractivity contribution < 1.29 is 14.4 Å². The van der Waals surface area contributed by atoms with Crippen molar-refractivity contribution in [2.24, 2.45) is 0 Å². The van der Waals surface area contributed by atoms with Crippen molar-refractivity contribution in [3.05, 3.63) is 65.2 Å². The molecule has 1 aliphatic rings. The van der Waals surface area contributed by atoms with Gasteiger partial charge < -0.3 is 15.0 Å². The molecule has 2 aromatic rings. The van der Waals surface area contributed by atoms with Gasteiger partial charge in [-0.1, -0.05) is 42.5 Å². The van der Waals surface area contributed by atoms with Gasteiger partial charge in [0.1, 0.15) is 12.3 Å². The molecule has 0 bridgehead atoms. The van der Waals surface area contributed by atoms with Crippen LogP contribution in [0.1, 0.15) is 36.0 Å². The molecule has 0 radical (unpaired) electrons. The molecule has 0 aliphatic carbocycles. The van der Waals surface area contributed by atoms with E-state index >= 15 is 0 Å². The molecule has 1 saturated heterocycles. The molecule has 1 heterocycles. The van der Waals surface area contributed by atoms with E-state index in [-0.39, 0.29) is 12.5 Å². The number of benzene rings is 2. The molecule has 0 unspecified atom stereocenters. The van der Waals surface area contributed by atoms with Crippen LogP contribution >= 0.6 is 0 Å². The third-order valence-electron chi connectivity index (χ3n) is 5.05. The first-order valence-electron chi connectivity index (χ1n) is 9.58. The molecule has 4 nitrogen and oxygen atoms in total. The number of ether oxygens (including phenoxy) is 1. The van der Waals surface area contributed by atoms with Gasteiger partial charge in [0.05, 0.1) is 13.1 Å². The summed E-state index contributed by atoms with van der Waals surface area (Å²) in [6.07, 6.45) is 4.01. The molecule has 0 aromatic heterocycles. The van der Waals surface area contributed by atoms with Gasteiger partial charge in [-0.05, 0) is 43.4 Å². The maximum absolute atomic E-state index is 12.2. The number of amides is 1. The summed E-state index contributed by atoms with van der Waals surface area (Å²) in [5, 5.41) is 2.99. The predicted octanol–water partition coefficient (Wildman–Crippen LogP) is 2.26. The van der Waals surface area contributed by atoms with Crippen LogP contribution < -0.4 is 15.0 Å². The fraction of sp³-hybridized carbons (Fsp3) is 0.409. The Kier molecular flexibility index (Phi) is 6.67. The van der Waals surface area contributed by atoms with Crippen LogP contribution in [0.3, 0.4) is 0 Å². The normalized spacial score (nSPS) is 14.8. The molecule has 0 saturated carbocycles. The fourth-order valence-electron chi connectivity index (χ4n) is 3.51. The predicted molar refractivity (Wildman–Crippen MR) is 103 cm³/mol. The summed E-state index contributed by atoms with van der Waals surface area (Å²) in [4.78, 5) is 13.8. The summed E-state index contributed by atoms with van der Waals surface area (Å²) in [6.45, 7) is 6.14. The van der Waals surface area contributed by atoms with Crippen molar-refractivity contribution in [1.82, 2.24) is 5.32 Å². The lowest BCUT2D eigenvalue weighted by Crippen LogP contribution is -3.11. The van der Waals surface area contributed by atoms with Gasteiger partial charge in [-0.3, -0.25) is 4.79 Å². The van der Waals surface area contributed by atoms with Gasteiger partial charge in [-0.2, -0.15) is 0 Å². The van der Waals surface area contributed by atoms with E-state index in [1.807, 2.05) is 37.3 Å². The largest absolute Gasteiger partial charge is 0.484 e.